The monoisotopic (exact) mass is 352 g/mol. The molecule has 2 aliphatic heterocycles. The number of aromatic nitrogens is 3. The van der Waals surface area contributed by atoms with Crippen LogP contribution in [0.2, 0.25) is 0 Å². The number of rotatable bonds is 4. The van der Waals surface area contributed by atoms with E-state index in [9.17, 15) is 4.79 Å². The average molecular weight is 352 g/mol. The van der Waals surface area contributed by atoms with Crippen molar-refractivity contribution in [3.63, 3.8) is 0 Å². The molecule has 1 amide bonds. The number of carbonyl (C=O) groups excluding carboxylic acids is 1. The normalized spacial score (nSPS) is 20.0. The van der Waals surface area contributed by atoms with Crippen LogP contribution in [0.4, 0.5) is 0 Å². The van der Waals surface area contributed by atoms with Crippen molar-refractivity contribution in [1.82, 2.24) is 19.7 Å². The third-order valence-electron chi connectivity index (χ3n) is 5.76. The summed E-state index contributed by atoms with van der Waals surface area (Å²) in [6.07, 6.45) is 8.10. The molecule has 5 heteroatoms. The summed E-state index contributed by atoms with van der Waals surface area (Å²) in [4.78, 5) is 14.9. The summed E-state index contributed by atoms with van der Waals surface area (Å²) < 4.78 is 2.29. The van der Waals surface area contributed by atoms with E-state index < -0.39 is 0 Å². The van der Waals surface area contributed by atoms with Crippen molar-refractivity contribution >= 4 is 5.91 Å². The molecule has 0 spiro atoms. The molecule has 1 saturated heterocycles. The molecule has 5 nitrogen and oxygen atoms in total. The van der Waals surface area contributed by atoms with E-state index in [1.165, 1.54) is 30.4 Å². The molecule has 4 rings (SSSR count). The minimum absolute atomic E-state index is 0.111. The van der Waals surface area contributed by atoms with E-state index in [1.54, 1.807) is 0 Å². The zero-order valence-corrected chi connectivity index (χ0v) is 15.7. The van der Waals surface area contributed by atoms with Crippen molar-refractivity contribution in [2.24, 2.45) is 0 Å². The van der Waals surface area contributed by atoms with E-state index in [0.717, 1.165) is 50.4 Å². The zero-order chi connectivity index (χ0) is 17.9. The molecule has 0 N–H and O–H groups in total. The summed E-state index contributed by atoms with van der Waals surface area (Å²) in [5.74, 6) is 2.37. The Hall–Kier alpha value is -2.17. The molecule has 1 fully saturated rings. The Kier molecular flexibility index (Phi) is 5.05. The minimum atomic E-state index is 0.111. The van der Waals surface area contributed by atoms with E-state index in [0.29, 0.717) is 6.42 Å². The molecule has 0 bridgehead atoms. The van der Waals surface area contributed by atoms with E-state index in [-0.39, 0.29) is 11.9 Å². The van der Waals surface area contributed by atoms with Crippen LogP contribution in [-0.2, 0) is 24.2 Å². The maximum atomic E-state index is 12.9. The Labute approximate surface area is 155 Å². The highest BCUT2D eigenvalue weighted by molar-refractivity contribution is 5.77. The number of hydrogen-bond acceptors (Lipinski definition) is 3. The first-order valence-corrected chi connectivity index (χ1v) is 9.99. The topological polar surface area (TPSA) is 51.0 Å². The molecular formula is C21H28N4O. The van der Waals surface area contributed by atoms with Gasteiger partial charge in [0.25, 0.3) is 0 Å². The number of likely N-dealkylation sites (tertiary alicyclic amines) is 1. The third kappa shape index (κ3) is 3.53. The molecule has 0 radical (unpaired) electrons. The highest BCUT2D eigenvalue weighted by Gasteiger charge is 2.34. The predicted molar refractivity (Wildman–Crippen MR) is 101 cm³/mol. The number of nitrogens with zero attached hydrogens (tertiary/aromatic N) is 4. The van der Waals surface area contributed by atoms with Gasteiger partial charge in [-0.2, -0.15) is 0 Å². The summed E-state index contributed by atoms with van der Waals surface area (Å²) >= 11 is 0. The van der Waals surface area contributed by atoms with Gasteiger partial charge >= 0.3 is 0 Å². The second-order valence-electron chi connectivity index (χ2n) is 7.67. The summed E-state index contributed by atoms with van der Waals surface area (Å²) in [6, 6.07) is 8.60. The van der Waals surface area contributed by atoms with Crippen LogP contribution in [0, 0.1) is 6.92 Å². The van der Waals surface area contributed by atoms with E-state index in [4.69, 9.17) is 0 Å². The SMILES string of the molecule is Cc1ccc(CCC(=O)N2CCC[C@H]2c2nnc3n2CCCCC3)cc1. The molecular weight excluding hydrogens is 324 g/mol. The van der Waals surface area contributed by atoms with Crippen molar-refractivity contribution in [2.75, 3.05) is 6.54 Å². The lowest BCUT2D eigenvalue weighted by Gasteiger charge is -2.25. The summed E-state index contributed by atoms with van der Waals surface area (Å²) in [6.45, 7) is 3.93. The Morgan fingerprint density at radius 1 is 1.08 bits per heavy atom. The Morgan fingerprint density at radius 3 is 2.77 bits per heavy atom. The number of hydrogen-bond donors (Lipinski definition) is 0. The quantitative estimate of drug-likeness (QED) is 0.845. The molecule has 0 unspecified atom stereocenters. The Morgan fingerprint density at radius 2 is 1.92 bits per heavy atom. The maximum Gasteiger partial charge on any atom is 0.223 e. The second kappa shape index (κ2) is 7.60. The molecule has 26 heavy (non-hydrogen) atoms. The highest BCUT2D eigenvalue weighted by Crippen LogP contribution is 2.33. The van der Waals surface area contributed by atoms with E-state index in [2.05, 4.69) is 50.9 Å². The van der Waals surface area contributed by atoms with Crippen LogP contribution in [0.1, 0.15) is 67.3 Å². The van der Waals surface area contributed by atoms with Crippen LogP contribution in [0.3, 0.4) is 0 Å². The van der Waals surface area contributed by atoms with Crippen LogP contribution in [-0.4, -0.2) is 32.1 Å². The molecule has 1 atom stereocenters. The van der Waals surface area contributed by atoms with Gasteiger partial charge in [-0.25, -0.2) is 0 Å². The predicted octanol–water partition coefficient (Wildman–Crippen LogP) is 3.61. The summed E-state index contributed by atoms with van der Waals surface area (Å²) in [5, 5.41) is 8.93. The van der Waals surface area contributed by atoms with Crippen molar-refractivity contribution in [3.8, 4) is 0 Å². The van der Waals surface area contributed by atoms with Crippen LogP contribution in [0.15, 0.2) is 24.3 Å². The first kappa shape index (κ1) is 17.3. The average Bonchev–Trinajstić information content (AvgIpc) is 3.22. The molecule has 0 saturated carbocycles. The molecule has 138 valence electrons. The van der Waals surface area contributed by atoms with Gasteiger partial charge in [0.2, 0.25) is 5.91 Å². The van der Waals surface area contributed by atoms with Gasteiger partial charge in [-0.3, -0.25) is 4.79 Å². The van der Waals surface area contributed by atoms with Crippen LogP contribution < -0.4 is 0 Å². The fourth-order valence-electron chi connectivity index (χ4n) is 4.24. The van der Waals surface area contributed by atoms with Gasteiger partial charge in [-0.05, 0) is 44.6 Å². The number of carbonyl (C=O) groups is 1. The number of aryl methyl sites for hydroxylation is 3. The van der Waals surface area contributed by atoms with E-state index in [1.807, 2.05) is 0 Å². The smallest absolute Gasteiger partial charge is 0.223 e. The number of amides is 1. The van der Waals surface area contributed by atoms with Crippen molar-refractivity contribution in [1.29, 1.82) is 0 Å². The van der Waals surface area contributed by atoms with Crippen molar-refractivity contribution in [2.45, 2.75) is 70.9 Å². The van der Waals surface area contributed by atoms with Gasteiger partial charge in [0.1, 0.15) is 5.82 Å². The Balaban J connectivity index is 1.45. The van der Waals surface area contributed by atoms with Gasteiger partial charge < -0.3 is 9.47 Å². The van der Waals surface area contributed by atoms with Crippen LogP contribution in [0.25, 0.3) is 0 Å². The lowest BCUT2D eigenvalue weighted by atomic mass is 10.1. The zero-order valence-electron chi connectivity index (χ0n) is 15.7. The Bertz CT molecular complexity index is 765. The lowest BCUT2D eigenvalue weighted by Crippen LogP contribution is -2.32. The third-order valence-corrected chi connectivity index (χ3v) is 5.76. The molecule has 2 aromatic rings. The fraction of sp³-hybridized carbons (Fsp3) is 0.571. The number of fused-ring (bicyclic) bond motifs is 1. The van der Waals surface area contributed by atoms with Gasteiger partial charge in [-0.15, -0.1) is 10.2 Å². The highest BCUT2D eigenvalue weighted by atomic mass is 16.2. The largest absolute Gasteiger partial charge is 0.332 e. The lowest BCUT2D eigenvalue weighted by molar-refractivity contribution is -0.132. The molecule has 3 heterocycles. The van der Waals surface area contributed by atoms with Gasteiger partial charge in [0.15, 0.2) is 5.82 Å². The van der Waals surface area contributed by atoms with Crippen LogP contribution >= 0.6 is 0 Å². The first-order valence-electron chi connectivity index (χ1n) is 9.99. The van der Waals surface area contributed by atoms with Gasteiger partial charge in [-0.1, -0.05) is 36.2 Å². The second-order valence-corrected chi connectivity index (χ2v) is 7.67. The first-order chi connectivity index (χ1) is 12.7. The number of benzene rings is 1. The molecule has 0 aliphatic carbocycles. The maximum absolute atomic E-state index is 12.9. The fourth-order valence-corrected chi connectivity index (χ4v) is 4.24. The van der Waals surface area contributed by atoms with Crippen molar-refractivity contribution < 1.29 is 4.79 Å². The van der Waals surface area contributed by atoms with Gasteiger partial charge in [0.05, 0.1) is 6.04 Å². The molecule has 2 aliphatic rings. The van der Waals surface area contributed by atoms with Crippen LogP contribution in [0.5, 0.6) is 0 Å². The standard InChI is InChI=1S/C21H28N4O/c1-16-8-10-17(11-9-16)12-13-20(26)24-15-5-6-18(24)21-23-22-19-7-3-2-4-14-25(19)21/h8-11,18H,2-7,12-15H2,1H3/t18-/m0/s1. The van der Waals surface area contributed by atoms with Gasteiger partial charge in [0, 0.05) is 25.9 Å². The molecule has 1 aromatic heterocycles. The minimum Gasteiger partial charge on any atom is -0.332 e. The summed E-state index contributed by atoms with van der Waals surface area (Å²) in [5.41, 5.74) is 2.49. The van der Waals surface area contributed by atoms with E-state index >= 15 is 0 Å². The summed E-state index contributed by atoms with van der Waals surface area (Å²) in [7, 11) is 0. The van der Waals surface area contributed by atoms with Crippen molar-refractivity contribution in [3.05, 3.63) is 47.0 Å². The molecule has 1 aromatic carbocycles.